The van der Waals surface area contributed by atoms with Gasteiger partial charge in [-0.05, 0) is 248 Å². The highest BCUT2D eigenvalue weighted by Crippen LogP contribution is 2.58. The fourth-order valence-corrected chi connectivity index (χ4v) is 17.4. The molecular formula is C74H68I4O30S4-4. The van der Waals surface area contributed by atoms with Gasteiger partial charge in [0.2, 0.25) is 0 Å². The molecule has 8 atom stereocenters. The second-order valence-electron chi connectivity index (χ2n) is 27.0. The predicted molar refractivity (Wildman–Crippen MR) is 421 cm³/mol. The van der Waals surface area contributed by atoms with Crippen molar-refractivity contribution in [1.82, 2.24) is 0 Å². The van der Waals surface area contributed by atoms with Gasteiger partial charge in [0.15, 0.2) is 0 Å². The van der Waals surface area contributed by atoms with Crippen LogP contribution in [-0.2, 0) is 88.1 Å². The summed E-state index contributed by atoms with van der Waals surface area (Å²) in [6.07, 6.45) is 10.3. The average Bonchev–Trinajstić information content (AvgIpc) is 1.58. The second kappa shape index (κ2) is 38.3. The van der Waals surface area contributed by atoms with E-state index in [1.807, 2.05) is 139 Å². The van der Waals surface area contributed by atoms with Crippen LogP contribution in [0.4, 0.5) is 0 Å². The van der Waals surface area contributed by atoms with Crippen molar-refractivity contribution in [3.8, 4) is 34.1 Å². The molecule has 0 amide bonds. The molecule has 6 aromatic rings. The maximum Gasteiger partial charge on any atom is 0.341 e. The summed E-state index contributed by atoms with van der Waals surface area (Å²) in [5, 5.41) is 0. The summed E-state index contributed by atoms with van der Waals surface area (Å²) in [6, 6.07) is 33.0. The molecule has 4 bridgehead atoms. The van der Waals surface area contributed by atoms with E-state index in [-0.39, 0.29) is 92.9 Å². The molecule has 0 radical (unpaired) electrons. The third kappa shape index (κ3) is 23.9. The minimum Gasteiger partial charge on any atom is -0.748 e. The van der Waals surface area contributed by atoms with E-state index in [4.69, 9.17) is 42.6 Å². The number of ether oxygens (including phenoxy) is 9. The number of rotatable bonds is 24. The first-order valence-electron chi connectivity index (χ1n) is 34.7. The van der Waals surface area contributed by atoms with E-state index in [0.29, 0.717) is 29.0 Å². The van der Waals surface area contributed by atoms with Crippen LogP contribution in [0.5, 0.6) is 23.0 Å². The van der Waals surface area contributed by atoms with Crippen molar-refractivity contribution in [2.24, 2.45) is 47.3 Å². The Kier molecular flexibility index (Phi) is 29.9. The van der Waals surface area contributed by atoms with Crippen molar-refractivity contribution in [2.75, 3.05) is 49.4 Å². The van der Waals surface area contributed by atoms with Crippen molar-refractivity contribution in [2.45, 2.75) is 82.7 Å². The third-order valence-electron chi connectivity index (χ3n) is 19.6. The number of hydrogen-bond donors (Lipinski definition) is 0. The predicted octanol–water partition coefficient (Wildman–Crippen LogP) is 9.62. The highest BCUT2D eigenvalue weighted by atomic mass is 127. The van der Waals surface area contributed by atoms with Gasteiger partial charge in [0, 0.05) is 9.49 Å². The molecule has 13 rings (SSSR count). The first-order chi connectivity index (χ1) is 52.9. The molecule has 5 saturated carbocycles. The van der Waals surface area contributed by atoms with Crippen LogP contribution in [0, 0.1) is 61.6 Å². The molecule has 8 unspecified atom stereocenters. The van der Waals surface area contributed by atoms with E-state index in [1.165, 1.54) is 55.0 Å². The smallest absolute Gasteiger partial charge is 0.341 e. The van der Waals surface area contributed by atoms with Crippen molar-refractivity contribution in [3.05, 3.63) is 169 Å². The van der Waals surface area contributed by atoms with E-state index < -0.39 is 143 Å². The summed E-state index contributed by atoms with van der Waals surface area (Å²) in [5.74, 6) is -8.57. The molecule has 1 saturated heterocycles. The zero-order valence-electron chi connectivity index (χ0n) is 58.6. The minimum absolute atomic E-state index is 0.00116. The van der Waals surface area contributed by atoms with Crippen molar-refractivity contribution < 1.29 is 138 Å². The van der Waals surface area contributed by atoms with Gasteiger partial charge in [0.1, 0.15) is 67.0 Å². The maximum atomic E-state index is 13.3. The summed E-state index contributed by atoms with van der Waals surface area (Å²) in [7, 11) is -17.9. The molecule has 1 heterocycles. The van der Waals surface area contributed by atoms with Crippen LogP contribution in [0.15, 0.2) is 121 Å². The van der Waals surface area contributed by atoms with Gasteiger partial charge in [-0.3, -0.25) is 24.0 Å². The Morgan fingerprint density at radius 2 is 0.866 bits per heavy atom. The molecule has 0 spiro atoms. The van der Waals surface area contributed by atoms with Crippen LogP contribution in [0.2, 0.25) is 0 Å². The lowest BCUT2D eigenvalue weighted by atomic mass is 9.80. The minimum atomic E-state index is -4.52. The highest BCUT2D eigenvalue weighted by Gasteiger charge is 2.64. The monoisotopic (exact) mass is 2070 g/mol. The Hall–Kier alpha value is -6.89. The van der Waals surface area contributed by atoms with E-state index >= 15 is 0 Å². The fourth-order valence-electron chi connectivity index (χ4n) is 14.5. The topological polar surface area (TPSA) is 466 Å². The van der Waals surface area contributed by atoms with Gasteiger partial charge >= 0.3 is 53.7 Å². The van der Waals surface area contributed by atoms with Gasteiger partial charge in [-0.1, -0.05) is 74.2 Å². The Morgan fingerprint density at radius 1 is 0.429 bits per heavy atom. The van der Waals surface area contributed by atoms with Gasteiger partial charge in [-0.2, -0.15) is 0 Å². The van der Waals surface area contributed by atoms with Gasteiger partial charge in [-0.25, -0.2) is 52.8 Å². The lowest BCUT2D eigenvalue weighted by molar-refractivity contribution is -0.149. The van der Waals surface area contributed by atoms with Crippen molar-refractivity contribution >= 4 is 185 Å². The van der Waals surface area contributed by atoms with Crippen LogP contribution in [0.3, 0.4) is 0 Å². The molecule has 38 heteroatoms. The SMILES string of the molecule is O=C(OCCS(=O)(=O)[O-])c1ccc(I)c(OC(=O)C2C3CC4OC(=O)C2C4C3)c1.O=C(OCCS(=O)(=O)[O-])c1ccc(I)c(OC(=O)C2CC3CCC2C3)c1.O=C(OCCS(=O)(=O)[O-])c1ccc(I)c(OC(=O)C2CCCCC2)c1.O=C(OCCS(=O)(=O)[O-])c1ccc(I)cc1OC(=O)C1c2ccccc2-c2ccccc21. The number of hydrogen-bond acceptors (Lipinski definition) is 30. The van der Waals surface area contributed by atoms with Crippen LogP contribution >= 0.6 is 90.4 Å². The normalized spacial score (nSPS) is 20.4. The lowest BCUT2D eigenvalue weighted by Crippen LogP contribution is -2.35. The molecule has 0 N–H and O–H groups in total. The Balaban J connectivity index is 0.000000159. The summed E-state index contributed by atoms with van der Waals surface area (Å²) in [5.41, 5.74) is 3.78. The second-order valence-corrected chi connectivity index (χ2v) is 37.8. The van der Waals surface area contributed by atoms with Gasteiger partial charge < -0.3 is 60.8 Å². The van der Waals surface area contributed by atoms with Crippen molar-refractivity contribution in [1.29, 1.82) is 0 Å². The van der Waals surface area contributed by atoms with Crippen LogP contribution in [-0.4, -0.2) is 161 Å². The first-order valence-corrected chi connectivity index (χ1v) is 45.4. The number of benzene rings is 6. The van der Waals surface area contributed by atoms with E-state index in [1.54, 1.807) is 24.3 Å². The Morgan fingerprint density at radius 3 is 1.31 bits per heavy atom. The van der Waals surface area contributed by atoms with E-state index in [2.05, 4.69) is 0 Å². The van der Waals surface area contributed by atoms with Crippen molar-refractivity contribution in [3.63, 3.8) is 0 Å². The molecule has 6 aromatic carbocycles. The lowest BCUT2D eigenvalue weighted by Gasteiger charge is -2.23. The molecule has 0 aromatic heterocycles. The zero-order chi connectivity index (χ0) is 81.1. The largest absolute Gasteiger partial charge is 0.748 e. The quantitative estimate of drug-likeness (QED) is 0.0179. The molecule has 112 heavy (non-hydrogen) atoms. The van der Waals surface area contributed by atoms with Crippen LogP contribution < -0.4 is 18.9 Å². The summed E-state index contributed by atoms with van der Waals surface area (Å²) in [4.78, 5) is 111. The molecule has 6 aliphatic carbocycles. The maximum absolute atomic E-state index is 13.3. The number of carbonyl (C=O) groups excluding carboxylic acids is 9. The standard InChI is InChI=1S/C23H17IO7S.C18H17IO9S.C17H19IO7S.C16H19IO7S/c24-14-9-10-19(22(25)30-11-12-32(27,28)29)20(13-14)31-23(26)21-17-7-3-1-5-15(17)16-6-2-4-8-18(16)21;19-11-2-1-8(16(20)26-3-4-29(23,24)25)6-13(11)28-17(21)14-9-5-10-12(7-9)27-18(22)15(10)14;18-14-4-3-12(16(19)24-5-6-26(21,22)23)9-15(14)25-17(20)13-8-10-1-2-11(13)7-10;17-13-7-6-12(15(18)23-8-9-25(20,21)22)10-14(13)24-16(19)11-4-2-1-3-5-11/h1-10,13,21H,11-12H2,(H,27,28,29);1-2,6,9-10,12,14-15H,3-5,7H2,(H,23,24,25);3-4,9-11,13H,1-2,5-8H2,(H,21,22,23);6-7,10-11H,1-5,8-9H2,(H,20,21,22)/p-4. The van der Waals surface area contributed by atoms with Gasteiger partial charge in [0.05, 0.1) is 115 Å². The fraction of sp³-hybridized carbons (Fsp3) is 0.392. The number of carbonyl (C=O) groups is 9. The van der Waals surface area contributed by atoms with Crippen LogP contribution in [0.1, 0.15) is 129 Å². The molecule has 600 valence electrons. The van der Waals surface area contributed by atoms with E-state index in [9.17, 15) is 95.0 Å². The van der Waals surface area contributed by atoms with Crippen LogP contribution in [0.25, 0.3) is 11.1 Å². The first kappa shape index (κ1) is 87.5. The third-order valence-corrected chi connectivity index (χ3v) is 25.6. The molecule has 30 nitrogen and oxygen atoms in total. The van der Waals surface area contributed by atoms with Gasteiger partial charge in [-0.15, -0.1) is 0 Å². The summed E-state index contributed by atoms with van der Waals surface area (Å²) >= 11 is 7.96. The molecule has 6 fully saturated rings. The number of esters is 9. The number of fused-ring (bicyclic) bond motifs is 6. The highest BCUT2D eigenvalue weighted by molar-refractivity contribution is 14.1. The summed E-state index contributed by atoms with van der Waals surface area (Å²) in [6.45, 7) is -2.19. The Labute approximate surface area is 698 Å². The Bertz CT molecular complexity index is 5060. The van der Waals surface area contributed by atoms with E-state index in [0.717, 1.165) is 83.6 Å². The number of halogens is 4. The molecular weight excluding hydrogens is 2000 g/mol. The van der Waals surface area contributed by atoms with Gasteiger partial charge in [0.25, 0.3) is 0 Å². The zero-order valence-corrected chi connectivity index (χ0v) is 70.5. The summed E-state index contributed by atoms with van der Waals surface area (Å²) < 4.78 is 176. The molecule has 1 aliphatic heterocycles. The molecule has 7 aliphatic rings. The average molecular weight is 2070 g/mol.